The maximum Gasteiger partial charge on any atom is 0.306 e. The Balaban J connectivity index is 3.36. The first kappa shape index (κ1) is 52.9. The number of carbonyl (C=O) groups excluding carboxylic acids is 1. The predicted molar refractivity (Wildman–Crippen MR) is 237 cm³/mol. The molecule has 0 bridgehead atoms. The minimum Gasteiger partial charge on any atom is -0.457 e. The van der Waals surface area contributed by atoms with Crippen molar-refractivity contribution in [1.82, 2.24) is 0 Å². The highest BCUT2D eigenvalue weighted by Gasteiger charge is 2.13. The normalized spacial score (nSPS) is 12.4. The smallest absolute Gasteiger partial charge is 0.306 e. The maximum atomic E-state index is 12.3. The van der Waals surface area contributed by atoms with E-state index >= 15 is 0 Å². The second-order valence-electron chi connectivity index (χ2n) is 16.5. The highest BCUT2D eigenvalue weighted by Crippen LogP contribution is 2.16. The summed E-state index contributed by atoms with van der Waals surface area (Å²) in [4.78, 5) is 12.3. The van der Waals surface area contributed by atoms with Crippen molar-refractivity contribution in [1.29, 1.82) is 0 Å². The summed E-state index contributed by atoms with van der Waals surface area (Å²) in [5.41, 5.74) is 0. The van der Waals surface area contributed by atoms with E-state index in [-0.39, 0.29) is 12.6 Å². The van der Waals surface area contributed by atoms with Crippen molar-refractivity contribution in [2.24, 2.45) is 0 Å². The van der Waals surface area contributed by atoms with Gasteiger partial charge in [-0.05, 0) is 44.9 Å². The van der Waals surface area contributed by atoms with Crippen LogP contribution in [0, 0.1) is 0 Å². The van der Waals surface area contributed by atoms with Crippen LogP contribution in [0.3, 0.4) is 0 Å². The molecule has 0 aliphatic carbocycles. The Kier molecular flexibility index (Phi) is 47.0. The van der Waals surface area contributed by atoms with Crippen molar-refractivity contribution in [3.05, 3.63) is 24.3 Å². The number of carbonyl (C=O) groups is 1. The molecule has 0 aromatic rings. The summed E-state index contributed by atoms with van der Waals surface area (Å²) in [6.45, 7) is 5.36. The van der Waals surface area contributed by atoms with Crippen molar-refractivity contribution in [2.75, 3.05) is 19.8 Å². The van der Waals surface area contributed by atoms with E-state index in [1.165, 1.54) is 218 Å². The number of hydrogen-bond acceptors (Lipinski definition) is 4. The maximum absolute atomic E-state index is 12.3. The lowest BCUT2D eigenvalue weighted by molar-refractivity contribution is -0.154. The molecule has 320 valence electrons. The van der Waals surface area contributed by atoms with Crippen molar-refractivity contribution in [2.45, 2.75) is 270 Å². The molecule has 0 amide bonds. The van der Waals surface area contributed by atoms with E-state index in [0.717, 1.165) is 25.7 Å². The summed E-state index contributed by atoms with van der Waals surface area (Å²) in [5.74, 6) is -0.196. The van der Waals surface area contributed by atoms with Crippen LogP contribution in [0.15, 0.2) is 24.3 Å². The molecule has 0 rings (SSSR count). The number of rotatable bonds is 46. The van der Waals surface area contributed by atoms with E-state index < -0.39 is 6.10 Å². The van der Waals surface area contributed by atoms with Gasteiger partial charge in [-0.3, -0.25) is 4.79 Å². The van der Waals surface area contributed by atoms with Crippen LogP contribution in [0.2, 0.25) is 0 Å². The van der Waals surface area contributed by atoms with E-state index in [4.69, 9.17) is 9.47 Å². The van der Waals surface area contributed by atoms with E-state index in [9.17, 15) is 9.90 Å². The van der Waals surface area contributed by atoms with Gasteiger partial charge >= 0.3 is 5.97 Å². The molecule has 1 unspecified atom stereocenters. The van der Waals surface area contributed by atoms with Gasteiger partial charge in [-0.2, -0.15) is 0 Å². The van der Waals surface area contributed by atoms with E-state index in [1.807, 2.05) is 0 Å². The Morgan fingerprint density at radius 2 is 0.778 bits per heavy atom. The summed E-state index contributed by atoms with van der Waals surface area (Å²) < 4.78 is 11.2. The number of unbranched alkanes of at least 4 members (excludes halogenated alkanes) is 34. The molecule has 0 spiro atoms. The quantitative estimate of drug-likeness (QED) is 0.0381. The van der Waals surface area contributed by atoms with Crippen LogP contribution in [0.25, 0.3) is 0 Å². The number of aliphatic hydroxyl groups is 1. The van der Waals surface area contributed by atoms with Crippen LogP contribution >= 0.6 is 0 Å². The second kappa shape index (κ2) is 48.0. The van der Waals surface area contributed by atoms with Gasteiger partial charge < -0.3 is 14.6 Å². The van der Waals surface area contributed by atoms with E-state index in [1.54, 1.807) is 0 Å². The summed E-state index contributed by atoms with van der Waals surface area (Å²) in [5, 5.41) is 9.63. The molecule has 1 atom stereocenters. The first-order chi connectivity index (χ1) is 26.7. The Morgan fingerprint density at radius 3 is 1.19 bits per heavy atom. The van der Waals surface area contributed by atoms with Crippen LogP contribution in [-0.2, 0) is 14.3 Å². The summed E-state index contributed by atoms with van der Waals surface area (Å²) in [6.07, 6.45) is 59.8. The molecular weight excluding hydrogens is 665 g/mol. The molecule has 0 aliphatic rings. The van der Waals surface area contributed by atoms with Gasteiger partial charge in [0.15, 0.2) is 0 Å². The first-order valence-corrected chi connectivity index (χ1v) is 24.4. The van der Waals surface area contributed by atoms with Gasteiger partial charge in [0, 0.05) is 13.0 Å². The van der Waals surface area contributed by atoms with Crippen LogP contribution in [0.1, 0.15) is 264 Å². The van der Waals surface area contributed by atoms with Crippen LogP contribution in [-0.4, -0.2) is 37.0 Å². The summed E-state index contributed by atoms with van der Waals surface area (Å²) in [6, 6.07) is 0. The fraction of sp³-hybridized carbons (Fsp3) is 0.900. The van der Waals surface area contributed by atoms with Crippen molar-refractivity contribution in [3.63, 3.8) is 0 Å². The molecule has 54 heavy (non-hydrogen) atoms. The van der Waals surface area contributed by atoms with Crippen LogP contribution < -0.4 is 0 Å². The molecule has 0 radical (unpaired) electrons. The lowest BCUT2D eigenvalue weighted by Gasteiger charge is -2.16. The summed E-state index contributed by atoms with van der Waals surface area (Å²) >= 11 is 0. The third kappa shape index (κ3) is 45.3. The number of esters is 1. The highest BCUT2D eigenvalue weighted by atomic mass is 16.6. The molecule has 0 aromatic carbocycles. The molecule has 4 heteroatoms. The molecule has 0 heterocycles. The minimum absolute atomic E-state index is 0.169. The van der Waals surface area contributed by atoms with Gasteiger partial charge in [0.2, 0.25) is 0 Å². The third-order valence-corrected chi connectivity index (χ3v) is 11.0. The Bertz CT molecular complexity index is 762. The zero-order valence-corrected chi connectivity index (χ0v) is 36.8. The average molecular weight is 761 g/mol. The fourth-order valence-electron chi connectivity index (χ4n) is 7.36. The third-order valence-electron chi connectivity index (χ3n) is 11.0. The van der Waals surface area contributed by atoms with Crippen LogP contribution in [0.5, 0.6) is 0 Å². The number of allylic oxidation sites excluding steroid dienone is 4. The molecule has 4 nitrogen and oxygen atoms in total. The molecule has 1 N–H and O–H groups in total. The van der Waals surface area contributed by atoms with Crippen LogP contribution in [0.4, 0.5) is 0 Å². The van der Waals surface area contributed by atoms with Crippen molar-refractivity contribution in [3.8, 4) is 0 Å². The molecule has 0 fully saturated rings. The molecule has 0 aromatic heterocycles. The lowest BCUT2D eigenvalue weighted by Crippen LogP contribution is -2.27. The van der Waals surface area contributed by atoms with Gasteiger partial charge in [0.25, 0.3) is 0 Å². The number of aliphatic hydroxyl groups excluding tert-OH is 1. The topological polar surface area (TPSA) is 55.8 Å². The Labute approximate surface area is 338 Å². The minimum atomic E-state index is -0.534. The van der Waals surface area contributed by atoms with Crippen molar-refractivity contribution < 1.29 is 19.4 Å². The average Bonchev–Trinajstić information content (AvgIpc) is 3.18. The fourth-order valence-corrected chi connectivity index (χ4v) is 7.36. The van der Waals surface area contributed by atoms with Gasteiger partial charge in [0.1, 0.15) is 6.10 Å². The Hall–Kier alpha value is -1.13. The number of hydrogen-bond donors (Lipinski definition) is 1. The lowest BCUT2D eigenvalue weighted by atomic mass is 10.0. The van der Waals surface area contributed by atoms with E-state index in [0.29, 0.717) is 19.6 Å². The SMILES string of the molecule is CCCCC/C=C\C/C=C\CCCCCCCCCCOCC(CO)OC(=O)CCCCCCCCCCCCCCCCCCCCCCCCCC. The molecule has 0 saturated carbocycles. The zero-order chi connectivity index (χ0) is 39.1. The summed E-state index contributed by atoms with van der Waals surface area (Å²) in [7, 11) is 0. The highest BCUT2D eigenvalue weighted by molar-refractivity contribution is 5.69. The predicted octanol–water partition coefficient (Wildman–Crippen LogP) is 16.3. The Morgan fingerprint density at radius 1 is 0.444 bits per heavy atom. The molecule has 0 saturated heterocycles. The standard InChI is InChI=1S/C50H96O4/c1-3-5-7-9-11-13-15-17-19-21-23-24-25-26-27-28-29-31-33-35-37-39-41-43-45-50(52)54-49(47-51)48-53-46-44-42-40-38-36-34-32-30-22-20-18-16-14-12-10-8-6-4-2/h12,14,18,20,49,51H,3-11,13,15-17,19,21-48H2,1-2H3/b14-12-,20-18-. The van der Waals surface area contributed by atoms with Gasteiger partial charge in [-0.25, -0.2) is 0 Å². The van der Waals surface area contributed by atoms with Gasteiger partial charge in [-0.1, -0.05) is 237 Å². The zero-order valence-electron chi connectivity index (χ0n) is 36.8. The number of ether oxygens (including phenoxy) is 2. The van der Waals surface area contributed by atoms with Gasteiger partial charge in [-0.15, -0.1) is 0 Å². The largest absolute Gasteiger partial charge is 0.457 e. The van der Waals surface area contributed by atoms with Crippen molar-refractivity contribution >= 4 is 5.97 Å². The monoisotopic (exact) mass is 761 g/mol. The van der Waals surface area contributed by atoms with Gasteiger partial charge in [0.05, 0.1) is 13.2 Å². The molecular formula is C50H96O4. The first-order valence-electron chi connectivity index (χ1n) is 24.4. The molecule has 0 aliphatic heterocycles. The van der Waals surface area contributed by atoms with E-state index in [2.05, 4.69) is 38.2 Å². The second-order valence-corrected chi connectivity index (χ2v) is 16.5.